The average molecular weight is 394 g/mol. The summed E-state index contributed by atoms with van der Waals surface area (Å²) in [5.41, 5.74) is 2.34. The molecule has 1 saturated heterocycles. The molecule has 7 heteroatoms. The van der Waals surface area contributed by atoms with E-state index in [1.165, 1.54) is 0 Å². The van der Waals surface area contributed by atoms with Crippen molar-refractivity contribution in [2.24, 2.45) is 0 Å². The first kappa shape index (κ1) is 18.0. The van der Waals surface area contributed by atoms with Gasteiger partial charge in [0.1, 0.15) is 0 Å². The SMILES string of the molecule is CCC(=O)N1[C@H](CO)[C@@H]2c3ccccc3N(C(=O)c3ccc4c(c3)OCO4)C[C@@H]21. The van der Waals surface area contributed by atoms with Crippen LogP contribution in [0.5, 0.6) is 11.5 Å². The van der Waals surface area contributed by atoms with Crippen LogP contribution >= 0.6 is 0 Å². The molecule has 0 saturated carbocycles. The molecule has 0 aromatic heterocycles. The zero-order valence-electron chi connectivity index (χ0n) is 16.1. The quantitative estimate of drug-likeness (QED) is 0.863. The van der Waals surface area contributed by atoms with Crippen molar-refractivity contribution in [3.8, 4) is 11.5 Å². The highest BCUT2D eigenvalue weighted by Gasteiger charge is 2.54. The van der Waals surface area contributed by atoms with E-state index in [2.05, 4.69) is 0 Å². The van der Waals surface area contributed by atoms with Crippen LogP contribution < -0.4 is 14.4 Å². The lowest BCUT2D eigenvalue weighted by atomic mass is 9.71. The Morgan fingerprint density at radius 3 is 2.72 bits per heavy atom. The van der Waals surface area contributed by atoms with E-state index in [4.69, 9.17) is 9.47 Å². The molecule has 0 aliphatic carbocycles. The van der Waals surface area contributed by atoms with Crippen LogP contribution in [0.1, 0.15) is 35.2 Å². The van der Waals surface area contributed by atoms with Crippen molar-refractivity contribution in [1.82, 2.24) is 4.90 Å². The van der Waals surface area contributed by atoms with Gasteiger partial charge in [-0.05, 0) is 29.8 Å². The molecule has 150 valence electrons. The zero-order valence-corrected chi connectivity index (χ0v) is 16.1. The van der Waals surface area contributed by atoms with Gasteiger partial charge in [-0.2, -0.15) is 0 Å². The van der Waals surface area contributed by atoms with E-state index < -0.39 is 0 Å². The van der Waals surface area contributed by atoms with Crippen LogP contribution in [0.3, 0.4) is 0 Å². The number of nitrogens with zero attached hydrogens (tertiary/aromatic N) is 2. The van der Waals surface area contributed by atoms with Gasteiger partial charge in [-0.1, -0.05) is 25.1 Å². The normalized spacial score (nSPS) is 23.9. The maximum Gasteiger partial charge on any atom is 0.258 e. The zero-order chi connectivity index (χ0) is 20.1. The molecule has 0 bridgehead atoms. The van der Waals surface area contributed by atoms with Crippen LogP contribution in [0, 0.1) is 0 Å². The number of aliphatic hydroxyl groups excluding tert-OH is 1. The maximum atomic E-state index is 13.4. The Hall–Kier alpha value is -3.06. The number of anilines is 1. The van der Waals surface area contributed by atoms with E-state index in [0.717, 1.165) is 11.3 Å². The minimum atomic E-state index is -0.239. The van der Waals surface area contributed by atoms with E-state index >= 15 is 0 Å². The Bertz CT molecular complexity index is 991. The molecule has 1 fully saturated rings. The van der Waals surface area contributed by atoms with Crippen LogP contribution in [0.25, 0.3) is 0 Å². The first-order valence-corrected chi connectivity index (χ1v) is 9.86. The van der Waals surface area contributed by atoms with E-state index in [1.54, 1.807) is 28.0 Å². The fraction of sp³-hybridized carbons (Fsp3) is 0.364. The van der Waals surface area contributed by atoms with Crippen molar-refractivity contribution in [3.63, 3.8) is 0 Å². The molecular formula is C22H22N2O5. The highest BCUT2D eigenvalue weighted by atomic mass is 16.7. The Morgan fingerprint density at radius 2 is 1.93 bits per heavy atom. The second kappa shape index (κ2) is 6.77. The Morgan fingerprint density at radius 1 is 1.14 bits per heavy atom. The van der Waals surface area contributed by atoms with Gasteiger partial charge in [0.15, 0.2) is 11.5 Å². The molecule has 3 aliphatic heterocycles. The number of aliphatic hydroxyl groups is 1. The molecule has 0 radical (unpaired) electrons. The predicted octanol–water partition coefficient (Wildman–Crippen LogP) is 2.14. The number of hydrogen-bond acceptors (Lipinski definition) is 5. The number of para-hydroxylation sites is 1. The topological polar surface area (TPSA) is 79.3 Å². The summed E-state index contributed by atoms with van der Waals surface area (Å²) in [7, 11) is 0. The van der Waals surface area contributed by atoms with Gasteiger partial charge in [0.2, 0.25) is 12.7 Å². The number of ether oxygens (including phenoxy) is 2. The molecule has 0 spiro atoms. The van der Waals surface area contributed by atoms with Gasteiger partial charge in [-0.25, -0.2) is 0 Å². The van der Waals surface area contributed by atoms with Crippen LogP contribution in [0.15, 0.2) is 42.5 Å². The van der Waals surface area contributed by atoms with Gasteiger partial charge in [0.05, 0.1) is 18.7 Å². The minimum Gasteiger partial charge on any atom is -0.454 e. The summed E-state index contributed by atoms with van der Waals surface area (Å²) in [6, 6.07) is 12.6. The van der Waals surface area contributed by atoms with Crippen molar-refractivity contribution in [2.75, 3.05) is 24.8 Å². The molecule has 2 aromatic rings. The first-order chi connectivity index (χ1) is 14.1. The number of carbonyl (C=O) groups is 2. The molecule has 29 heavy (non-hydrogen) atoms. The van der Waals surface area contributed by atoms with E-state index in [-0.39, 0.29) is 43.2 Å². The molecule has 7 nitrogen and oxygen atoms in total. The number of carbonyl (C=O) groups excluding carboxylic acids is 2. The van der Waals surface area contributed by atoms with Gasteiger partial charge in [0.25, 0.3) is 5.91 Å². The smallest absolute Gasteiger partial charge is 0.258 e. The largest absolute Gasteiger partial charge is 0.454 e. The van der Waals surface area contributed by atoms with Crippen molar-refractivity contribution in [2.45, 2.75) is 31.3 Å². The molecule has 0 unspecified atom stereocenters. The molecule has 5 rings (SSSR count). The van der Waals surface area contributed by atoms with Crippen LogP contribution in [0.2, 0.25) is 0 Å². The van der Waals surface area contributed by atoms with Crippen molar-refractivity contribution < 1.29 is 24.2 Å². The molecule has 3 heterocycles. The molecular weight excluding hydrogens is 372 g/mol. The summed E-state index contributed by atoms with van der Waals surface area (Å²) < 4.78 is 10.8. The van der Waals surface area contributed by atoms with E-state index in [1.807, 2.05) is 31.2 Å². The monoisotopic (exact) mass is 394 g/mol. The van der Waals surface area contributed by atoms with Crippen molar-refractivity contribution in [3.05, 3.63) is 53.6 Å². The lowest BCUT2D eigenvalue weighted by Crippen LogP contribution is -2.70. The molecule has 2 amide bonds. The third-order valence-electron chi connectivity index (χ3n) is 6.14. The number of amides is 2. The molecule has 2 aromatic carbocycles. The summed E-state index contributed by atoms with van der Waals surface area (Å²) in [6.07, 6.45) is 0.372. The number of fused-ring (bicyclic) bond motifs is 4. The maximum absolute atomic E-state index is 13.4. The van der Waals surface area contributed by atoms with Gasteiger partial charge in [-0.3, -0.25) is 9.59 Å². The van der Waals surface area contributed by atoms with Crippen molar-refractivity contribution >= 4 is 17.5 Å². The summed E-state index contributed by atoms with van der Waals surface area (Å²) in [4.78, 5) is 29.4. The van der Waals surface area contributed by atoms with Crippen LogP contribution in [0.4, 0.5) is 5.69 Å². The first-order valence-electron chi connectivity index (χ1n) is 9.86. The third kappa shape index (κ3) is 2.61. The van der Waals surface area contributed by atoms with Gasteiger partial charge >= 0.3 is 0 Å². The van der Waals surface area contributed by atoms with E-state index in [0.29, 0.717) is 30.0 Å². The lowest BCUT2D eigenvalue weighted by molar-refractivity contribution is -0.149. The second-order valence-electron chi connectivity index (χ2n) is 7.54. The van der Waals surface area contributed by atoms with Gasteiger partial charge in [-0.15, -0.1) is 0 Å². The van der Waals surface area contributed by atoms with Crippen molar-refractivity contribution in [1.29, 1.82) is 0 Å². The summed E-state index contributed by atoms with van der Waals surface area (Å²) in [6.45, 7) is 2.28. The number of hydrogen-bond donors (Lipinski definition) is 1. The third-order valence-corrected chi connectivity index (χ3v) is 6.14. The highest BCUT2D eigenvalue weighted by Crippen LogP contribution is 2.48. The minimum absolute atomic E-state index is 0.000148. The molecule has 3 atom stereocenters. The molecule has 3 aliphatic rings. The Kier molecular flexibility index (Phi) is 4.20. The summed E-state index contributed by atoms with van der Waals surface area (Å²) in [5.74, 6) is 1.08. The summed E-state index contributed by atoms with van der Waals surface area (Å²) >= 11 is 0. The van der Waals surface area contributed by atoms with Crippen LogP contribution in [-0.2, 0) is 4.79 Å². The Labute approximate surface area is 168 Å². The van der Waals surface area contributed by atoms with Crippen LogP contribution in [-0.4, -0.2) is 53.8 Å². The fourth-order valence-electron chi connectivity index (χ4n) is 4.80. The average Bonchev–Trinajstić information content (AvgIpc) is 3.21. The van der Waals surface area contributed by atoms with E-state index in [9.17, 15) is 14.7 Å². The van der Waals surface area contributed by atoms with Gasteiger partial charge in [0, 0.05) is 30.1 Å². The Balaban J connectivity index is 1.53. The number of likely N-dealkylation sites (tertiary alicyclic amines) is 1. The standard InChI is InChI=1S/C22H22N2O5/c1-2-20(26)24-16-10-23(15-6-4-3-5-14(15)21(16)17(24)11-25)22(27)13-7-8-18-19(9-13)29-12-28-18/h3-9,16-17,21,25H,2,10-12H2,1H3/t16-,17+,21+/m0/s1. The molecule has 1 N–H and O–H groups in total. The van der Waals surface area contributed by atoms with Gasteiger partial charge < -0.3 is 24.4 Å². The predicted molar refractivity (Wildman–Crippen MR) is 105 cm³/mol. The number of rotatable bonds is 3. The number of benzene rings is 2. The fourth-order valence-corrected chi connectivity index (χ4v) is 4.80. The second-order valence-corrected chi connectivity index (χ2v) is 7.54. The lowest BCUT2D eigenvalue weighted by Gasteiger charge is -2.59. The summed E-state index contributed by atoms with van der Waals surface area (Å²) in [5, 5.41) is 9.91. The highest BCUT2D eigenvalue weighted by molar-refractivity contribution is 6.07.